The van der Waals surface area contributed by atoms with Crippen LogP contribution in [-0.2, 0) is 4.79 Å². The molecule has 0 unspecified atom stereocenters. The highest BCUT2D eigenvalue weighted by Gasteiger charge is 2.05. The minimum Gasteiger partial charge on any atom is -0.484 e. The van der Waals surface area contributed by atoms with Crippen LogP contribution in [0.2, 0.25) is 0 Å². The highest BCUT2D eigenvalue weighted by atomic mass is 32.1. The summed E-state index contributed by atoms with van der Waals surface area (Å²) in [6.45, 7) is 6.31. The Morgan fingerprint density at radius 3 is 2.70 bits per heavy atom. The van der Waals surface area contributed by atoms with Crippen LogP contribution < -0.4 is 10.2 Å². The van der Waals surface area contributed by atoms with Gasteiger partial charge in [0.15, 0.2) is 6.61 Å². The lowest BCUT2D eigenvalue weighted by molar-refractivity contribution is -0.123. The molecule has 1 atom stereocenters. The van der Waals surface area contributed by atoms with Gasteiger partial charge < -0.3 is 4.74 Å². The number of benzene rings is 1. The summed E-state index contributed by atoms with van der Waals surface area (Å²) in [5.74, 6) is 0.939. The molecule has 5 heteroatoms. The molecule has 1 aromatic heterocycles. The number of nitrogens with one attached hydrogen (secondary N) is 1. The van der Waals surface area contributed by atoms with Crippen LogP contribution in [0.15, 0.2) is 40.8 Å². The molecule has 1 amide bonds. The summed E-state index contributed by atoms with van der Waals surface area (Å²) in [7, 11) is 0. The zero-order valence-corrected chi connectivity index (χ0v) is 14.5. The molecule has 0 aliphatic heterocycles. The molecule has 0 aliphatic carbocycles. The van der Waals surface area contributed by atoms with E-state index in [0.717, 1.165) is 16.9 Å². The lowest BCUT2D eigenvalue weighted by Crippen LogP contribution is -2.24. The predicted molar refractivity (Wildman–Crippen MR) is 95.4 cm³/mol. The molecular formula is C18H22N2O2S. The standard InChI is InChI=1S/C18H22N2O2S/c1-4-13(2)15-5-7-16(8-6-15)22-12-18(21)20-19-11-17-14(3)9-10-23-17/h5-11,13H,4,12H2,1-3H3,(H,20,21)/b19-11-/t13-/m0/s1. The molecule has 0 aliphatic rings. The molecule has 1 aromatic carbocycles. The van der Waals surface area contributed by atoms with Gasteiger partial charge in [-0.1, -0.05) is 26.0 Å². The summed E-state index contributed by atoms with van der Waals surface area (Å²) in [5, 5.41) is 5.93. The van der Waals surface area contributed by atoms with Crippen LogP contribution in [0.25, 0.3) is 0 Å². The topological polar surface area (TPSA) is 50.7 Å². The van der Waals surface area contributed by atoms with Crippen molar-refractivity contribution in [2.45, 2.75) is 33.1 Å². The largest absolute Gasteiger partial charge is 0.484 e. The fourth-order valence-electron chi connectivity index (χ4n) is 1.99. The highest BCUT2D eigenvalue weighted by Crippen LogP contribution is 2.21. The molecular weight excluding hydrogens is 308 g/mol. The Hall–Kier alpha value is -2.14. The van der Waals surface area contributed by atoms with Crippen LogP contribution in [-0.4, -0.2) is 18.7 Å². The maximum absolute atomic E-state index is 11.7. The van der Waals surface area contributed by atoms with Gasteiger partial charge in [0.25, 0.3) is 5.91 Å². The summed E-state index contributed by atoms with van der Waals surface area (Å²) in [6.07, 6.45) is 2.75. The van der Waals surface area contributed by atoms with E-state index in [9.17, 15) is 4.79 Å². The third kappa shape index (κ3) is 5.21. The van der Waals surface area contributed by atoms with Crippen molar-refractivity contribution in [2.75, 3.05) is 6.61 Å². The highest BCUT2D eigenvalue weighted by molar-refractivity contribution is 7.11. The second-order valence-corrected chi connectivity index (χ2v) is 6.38. The number of hydrogen-bond acceptors (Lipinski definition) is 4. The Morgan fingerprint density at radius 1 is 1.35 bits per heavy atom. The van der Waals surface area contributed by atoms with Gasteiger partial charge in [-0.2, -0.15) is 5.10 Å². The number of hydrazone groups is 1. The number of nitrogens with zero attached hydrogens (tertiary/aromatic N) is 1. The zero-order valence-electron chi connectivity index (χ0n) is 13.7. The monoisotopic (exact) mass is 330 g/mol. The smallest absolute Gasteiger partial charge is 0.277 e. The SMILES string of the molecule is CC[C@H](C)c1ccc(OCC(=O)N/N=C\c2sccc2C)cc1. The first kappa shape index (κ1) is 17.2. The molecule has 2 rings (SSSR count). The second-order valence-electron chi connectivity index (χ2n) is 5.43. The molecule has 1 N–H and O–H groups in total. The predicted octanol–water partition coefficient (Wildman–Crippen LogP) is 4.10. The van der Waals surface area contributed by atoms with E-state index in [1.165, 1.54) is 5.56 Å². The van der Waals surface area contributed by atoms with Crippen molar-refractivity contribution in [3.63, 3.8) is 0 Å². The second kappa shape index (κ2) is 8.48. The molecule has 4 nitrogen and oxygen atoms in total. The Labute approximate surface area is 141 Å². The van der Waals surface area contributed by atoms with Gasteiger partial charge in [0.05, 0.1) is 6.21 Å². The first-order valence-electron chi connectivity index (χ1n) is 7.69. The maximum Gasteiger partial charge on any atom is 0.277 e. The third-order valence-corrected chi connectivity index (χ3v) is 4.66. The van der Waals surface area contributed by atoms with Crippen LogP contribution in [0.4, 0.5) is 0 Å². The van der Waals surface area contributed by atoms with Gasteiger partial charge in [-0.3, -0.25) is 4.79 Å². The Balaban J connectivity index is 1.78. The lowest BCUT2D eigenvalue weighted by Gasteiger charge is -2.10. The van der Waals surface area contributed by atoms with Gasteiger partial charge >= 0.3 is 0 Å². The van der Waals surface area contributed by atoms with Crippen molar-refractivity contribution >= 4 is 23.5 Å². The summed E-state index contributed by atoms with van der Waals surface area (Å²) >= 11 is 1.58. The van der Waals surface area contributed by atoms with Crippen molar-refractivity contribution < 1.29 is 9.53 Å². The lowest BCUT2D eigenvalue weighted by atomic mass is 9.99. The number of rotatable bonds is 7. The molecule has 0 saturated carbocycles. The first-order chi connectivity index (χ1) is 11.1. The fourth-order valence-corrected chi connectivity index (χ4v) is 2.78. The van der Waals surface area contributed by atoms with E-state index in [-0.39, 0.29) is 12.5 Å². The van der Waals surface area contributed by atoms with E-state index >= 15 is 0 Å². The van der Waals surface area contributed by atoms with Gasteiger partial charge in [0, 0.05) is 4.88 Å². The maximum atomic E-state index is 11.7. The number of thiophene rings is 1. The first-order valence-corrected chi connectivity index (χ1v) is 8.57. The summed E-state index contributed by atoms with van der Waals surface area (Å²) in [6, 6.07) is 9.89. The molecule has 0 fully saturated rings. The van der Waals surface area contributed by atoms with Gasteiger partial charge in [0.1, 0.15) is 5.75 Å². The number of aryl methyl sites for hydroxylation is 1. The fraction of sp³-hybridized carbons (Fsp3) is 0.333. The number of hydrogen-bond donors (Lipinski definition) is 1. The number of carbonyl (C=O) groups is 1. The molecule has 2 aromatic rings. The van der Waals surface area contributed by atoms with E-state index in [0.29, 0.717) is 11.7 Å². The van der Waals surface area contributed by atoms with Crippen LogP contribution >= 0.6 is 11.3 Å². The summed E-state index contributed by atoms with van der Waals surface area (Å²) in [4.78, 5) is 12.7. The van der Waals surface area contributed by atoms with Crippen LogP contribution in [0.5, 0.6) is 5.75 Å². The van der Waals surface area contributed by atoms with E-state index in [1.807, 2.05) is 42.6 Å². The van der Waals surface area contributed by atoms with Crippen LogP contribution in [0.3, 0.4) is 0 Å². The summed E-state index contributed by atoms with van der Waals surface area (Å²) < 4.78 is 5.46. The minimum atomic E-state index is -0.276. The van der Waals surface area contributed by atoms with E-state index in [1.54, 1.807) is 17.6 Å². The molecule has 122 valence electrons. The van der Waals surface area contributed by atoms with Crippen molar-refractivity contribution in [3.8, 4) is 5.75 Å². The summed E-state index contributed by atoms with van der Waals surface area (Å²) in [5.41, 5.74) is 4.89. The molecule has 0 saturated heterocycles. The number of carbonyl (C=O) groups excluding carboxylic acids is 1. The van der Waals surface area contributed by atoms with Crippen LogP contribution in [0, 0.1) is 6.92 Å². The minimum absolute atomic E-state index is 0.0521. The van der Waals surface area contributed by atoms with E-state index in [2.05, 4.69) is 24.4 Å². The van der Waals surface area contributed by atoms with Crippen LogP contribution in [0.1, 0.15) is 42.2 Å². The molecule has 0 spiro atoms. The Morgan fingerprint density at radius 2 is 2.09 bits per heavy atom. The molecule has 23 heavy (non-hydrogen) atoms. The molecule has 0 radical (unpaired) electrons. The normalized spacial score (nSPS) is 12.3. The van der Waals surface area contributed by atoms with E-state index < -0.39 is 0 Å². The van der Waals surface area contributed by atoms with Gasteiger partial charge in [-0.05, 0) is 54.0 Å². The van der Waals surface area contributed by atoms with Crippen molar-refractivity contribution in [2.24, 2.45) is 5.10 Å². The van der Waals surface area contributed by atoms with Crippen molar-refractivity contribution in [1.82, 2.24) is 5.43 Å². The van der Waals surface area contributed by atoms with Gasteiger partial charge in [-0.25, -0.2) is 5.43 Å². The van der Waals surface area contributed by atoms with E-state index in [4.69, 9.17) is 4.74 Å². The Bertz CT molecular complexity index is 662. The molecule has 1 heterocycles. The third-order valence-electron chi connectivity index (χ3n) is 3.70. The average Bonchev–Trinajstić information content (AvgIpc) is 2.98. The van der Waals surface area contributed by atoms with Gasteiger partial charge in [-0.15, -0.1) is 11.3 Å². The van der Waals surface area contributed by atoms with Crippen molar-refractivity contribution in [3.05, 3.63) is 51.7 Å². The van der Waals surface area contributed by atoms with Gasteiger partial charge in [0.2, 0.25) is 0 Å². The number of ether oxygens (including phenoxy) is 1. The van der Waals surface area contributed by atoms with Crippen molar-refractivity contribution in [1.29, 1.82) is 0 Å². The number of amides is 1. The Kier molecular flexibility index (Phi) is 6.35. The zero-order chi connectivity index (χ0) is 16.7. The average molecular weight is 330 g/mol. The molecule has 0 bridgehead atoms. The quantitative estimate of drug-likeness (QED) is 0.614.